The average molecular weight is 387 g/mol. The lowest BCUT2D eigenvalue weighted by molar-refractivity contribution is -0.131. The number of rotatable bonds is 3. The number of nitrogens with zero attached hydrogens (tertiary/aromatic N) is 6. The molecule has 0 radical (unpaired) electrons. The molecule has 7 nitrogen and oxygen atoms in total. The van der Waals surface area contributed by atoms with Crippen LogP contribution in [0.1, 0.15) is 6.92 Å². The Morgan fingerprint density at radius 3 is 2.48 bits per heavy atom. The third-order valence-electron chi connectivity index (χ3n) is 5.78. The SMILES string of the molecule is Cn1cc(-n2ncc3cc(Cl)c(N4CCN(C5(C)COC5)CC4)cc32)cn1. The van der Waals surface area contributed by atoms with Crippen LogP contribution in [0, 0.1) is 0 Å². The zero-order valence-corrected chi connectivity index (χ0v) is 16.4. The molecule has 0 N–H and O–H groups in total. The Balaban J connectivity index is 1.44. The fourth-order valence-electron chi connectivity index (χ4n) is 4.07. The molecule has 8 heteroatoms. The van der Waals surface area contributed by atoms with E-state index < -0.39 is 0 Å². The van der Waals surface area contributed by atoms with E-state index in [1.807, 2.05) is 36.4 Å². The predicted octanol–water partition coefficient (Wildman–Crippen LogP) is 2.32. The van der Waals surface area contributed by atoms with Gasteiger partial charge in [-0.05, 0) is 19.1 Å². The van der Waals surface area contributed by atoms with Crippen LogP contribution in [0.15, 0.2) is 30.7 Å². The van der Waals surface area contributed by atoms with Gasteiger partial charge in [-0.15, -0.1) is 0 Å². The lowest BCUT2D eigenvalue weighted by Crippen LogP contribution is -2.64. The van der Waals surface area contributed by atoms with E-state index in [1.165, 1.54) is 0 Å². The normalized spacial score (nSPS) is 20.2. The van der Waals surface area contributed by atoms with Gasteiger partial charge in [0.1, 0.15) is 5.69 Å². The molecular formula is C19H23ClN6O. The van der Waals surface area contributed by atoms with Crippen LogP contribution < -0.4 is 4.90 Å². The van der Waals surface area contributed by atoms with E-state index in [2.05, 4.69) is 33.0 Å². The maximum atomic E-state index is 6.63. The molecule has 0 spiro atoms. The number of hydrogen-bond acceptors (Lipinski definition) is 5. The molecule has 0 amide bonds. The standard InChI is InChI=1S/C19H23ClN6O/c1-19(12-27-13-19)25-5-3-24(4-6-25)18-8-17-14(7-16(18)20)9-22-26(17)15-10-21-23(2)11-15/h7-11H,3-6,12-13H2,1-2H3. The van der Waals surface area contributed by atoms with Crippen LogP contribution in [0.2, 0.25) is 5.02 Å². The van der Waals surface area contributed by atoms with Gasteiger partial charge in [-0.1, -0.05) is 11.6 Å². The lowest BCUT2D eigenvalue weighted by Gasteiger charge is -2.50. The van der Waals surface area contributed by atoms with Crippen molar-refractivity contribution in [3.63, 3.8) is 0 Å². The summed E-state index contributed by atoms with van der Waals surface area (Å²) < 4.78 is 9.13. The van der Waals surface area contributed by atoms with Crippen molar-refractivity contribution in [1.82, 2.24) is 24.5 Å². The van der Waals surface area contributed by atoms with Crippen LogP contribution in [0.25, 0.3) is 16.6 Å². The monoisotopic (exact) mass is 386 g/mol. The van der Waals surface area contributed by atoms with Crippen molar-refractivity contribution >= 4 is 28.2 Å². The first-order valence-corrected chi connectivity index (χ1v) is 9.65. The molecule has 0 saturated carbocycles. The molecule has 5 rings (SSSR count). The van der Waals surface area contributed by atoms with E-state index in [4.69, 9.17) is 16.3 Å². The summed E-state index contributed by atoms with van der Waals surface area (Å²) in [7, 11) is 1.91. The van der Waals surface area contributed by atoms with Gasteiger partial charge in [-0.2, -0.15) is 10.2 Å². The second-order valence-electron chi connectivity index (χ2n) is 7.75. The second kappa shape index (κ2) is 6.22. The van der Waals surface area contributed by atoms with Crippen LogP contribution in [-0.4, -0.2) is 69.4 Å². The molecule has 0 bridgehead atoms. The molecule has 3 aromatic rings. The van der Waals surface area contributed by atoms with Crippen LogP contribution in [-0.2, 0) is 11.8 Å². The molecular weight excluding hydrogens is 364 g/mol. The number of hydrogen-bond donors (Lipinski definition) is 0. The van der Waals surface area contributed by atoms with Gasteiger partial charge < -0.3 is 9.64 Å². The largest absolute Gasteiger partial charge is 0.377 e. The highest BCUT2D eigenvalue weighted by Gasteiger charge is 2.40. The minimum atomic E-state index is 0.207. The van der Waals surface area contributed by atoms with E-state index in [1.54, 1.807) is 4.68 Å². The molecule has 0 atom stereocenters. The van der Waals surface area contributed by atoms with Gasteiger partial charge >= 0.3 is 0 Å². The summed E-state index contributed by atoms with van der Waals surface area (Å²) in [6, 6.07) is 4.17. The van der Waals surface area contributed by atoms with Gasteiger partial charge in [0.15, 0.2) is 0 Å². The minimum Gasteiger partial charge on any atom is -0.377 e. The van der Waals surface area contributed by atoms with Crippen molar-refractivity contribution < 1.29 is 4.74 Å². The quantitative estimate of drug-likeness (QED) is 0.691. The van der Waals surface area contributed by atoms with E-state index >= 15 is 0 Å². The number of halogens is 1. The number of aryl methyl sites for hydroxylation is 1. The van der Waals surface area contributed by atoms with Gasteiger partial charge in [0, 0.05) is 38.6 Å². The highest BCUT2D eigenvalue weighted by atomic mass is 35.5. The Labute approximate surface area is 163 Å². The van der Waals surface area contributed by atoms with Crippen molar-refractivity contribution in [2.24, 2.45) is 7.05 Å². The molecule has 2 fully saturated rings. The Morgan fingerprint density at radius 2 is 1.85 bits per heavy atom. The van der Waals surface area contributed by atoms with E-state index in [9.17, 15) is 0 Å². The number of ether oxygens (including phenoxy) is 1. The number of fused-ring (bicyclic) bond motifs is 1. The first-order valence-electron chi connectivity index (χ1n) is 9.28. The van der Waals surface area contributed by atoms with E-state index in [-0.39, 0.29) is 5.54 Å². The van der Waals surface area contributed by atoms with Crippen molar-refractivity contribution in [1.29, 1.82) is 0 Å². The molecule has 2 aromatic heterocycles. The van der Waals surface area contributed by atoms with Crippen LogP contribution in [0.3, 0.4) is 0 Å². The van der Waals surface area contributed by atoms with Crippen molar-refractivity contribution in [3.05, 3.63) is 35.7 Å². The first kappa shape index (κ1) is 17.0. The van der Waals surface area contributed by atoms with Crippen molar-refractivity contribution in [3.8, 4) is 5.69 Å². The number of piperazine rings is 1. The fraction of sp³-hybridized carbons (Fsp3) is 0.474. The Hall–Kier alpha value is -2.09. The average Bonchev–Trinajstić information content (AvgIpc) is 3.24. The summed E-state index contributed by atoms with van der Waals surface area (Å²) in [6.07, 6.45) is 5.63. The lowest BCUT2D eigenvalue weighted by atomic mass is 9.97. The molecule has 2 aliphatic rings. The predicted molar refractivity (Wildman–Crippen MR) is 106 cm³/mol. The van der Waals surface area contributed by atoms with Crippen LogP contribution in [0.5, 0.6) is 0 Å². The van der Waals surface area contributed by atoms with Gasteiger partial charge in [-0.25, -0.2) is 4.68 Å². The summed E-state index contributed by atoms with van der Waals surface area (Å²) in [6.45, 7) is 7.93. The van der Waals surface area contributed by atoms with Gasteiger partial charge in [0.05, 0.1) is 53.6 Å². The molecule has 1 aromatic carbocycles. The zero-order chi connectivity index (χ0) is 18.6. The fourth-order valence-corrected chi connectivity index (χ4v) is 4.36. The van der Waals surface area contributed by atoms with Crippen molar-refractivity contribution in [2.45, 2.75) is 12.5 Å². The van der Waals surface area contributed by atoms with Crippen molar-refractivity contribution in [2.75, 3.05) is 44.3 Å². The van der Waals surface area contributed by atoms with Gasteiger partial charge in [-0.3, -0.25) is 9.58 Å². The van der Waals surface area contributed by atoms with E-state index in [0.717, 1.165) is 66.7 Å². The Morgan fingerprint density at radius 1 is 1.07 bits per heavy atom. The highest BCUT2D eigenvalue weighted by Crippen LogP contribution is 2.34. The summed E-state index contributed by atoms with van der Waals surface area (Å²) in [5.74, 6) is 0. The second-order valence-corrected chi connectivity index (χ2v) is 8.16. The summed E-state index contributed by atoms with van der Waals surface area (Å²) in [5.41, 5.74) is 3.27. The maximum Gasteiger partial charge on any atom is 0.103 e. The first-order chi connectivity index (χ1) is 13.0. The smallest absolute Gasteiger partial charge is 0.103 e. The van der Waals surface area contributed by atoms with Crippen LogP contribution >= 0.6 is 11.6 Å². The summed E-state index contributed by atoms with van der Waals surface area (Å²) in [4.78, 5) is 4.92. The number of anilines is 1. The highest BCUT2D eigenvalue weighted by molar-refractivity contribution is 6.34. The molecule has 4 heterocycles. The van der Waals surface area contributed by atoms with E-state index in [0.29, 0.717) is 0 Å². The maximum absolute atomic E-state index is 6.63. The van der Waals surface area contributed by atoms with Crippen LogP contribution in [0.4, 0.5) is 5.69 Å². The third kappa shape index (κ3) is 2.81. The molecule has 27 heavy (non-hydrogen) atoms. The Kier molecular flexibility index (Phi) is 3.93. The molecule has 0 unspecified atom stereocenters. The number of aromatic nitrogens is 4. The summed E-state index contributed by atoms with van der Waals surface area (Å²) >= 11 is 6.63. The zero-order valence-electron chi connectivity index (χ0n) is 15.6. The van der Waals surface area contributed by atoms with Gasteiger partial charge in [0.25, 0.3) is 0 Å². The minimum absolute atomic E-state index is 0.207. The molecule has 0 aliphatic carbocycles. The third-order valence-corrected chi connectivity index (χ3v) is 6.08. The molecule has 2 aliphatic heterocycles. The topological polar surface area (TPSA) is 51.4 Å². The number of benzene rings is 1. The molecule has 2 saturated heterocycles. The summed E-state index contributed by atoms with van der Waals surface area (Å²) in [5, 5.41) is 10.6. The molecule has 142 valence electrons. The van der Waals surface area contributed by atoms with Gasteiger partial charge in [0.2, 0.25) is 0 Å². The Bertz CT molecular complexity index is 983.